The highest BCUT2D eigenvalue weighted by atomic mass is 19.4. The molecule has 0 aliphatic carbocycles. The number of amides is 1. The predicted molar refractivity (Wildman–Crippen MR) is 127 cm³/mol. The van der Waals surface area contributed by atoms with Crippen LogP contribution in [0.15, 0.2) is 71.6 Å². The molecule has 4 aromatic rings. The highest BCUT2D eigenvalue weighted by Gasteiger charge is 2.29. The molecule has 1 amide bonds. The van der Waals surface area contributed by atoms with E-state index in [0.29, 0.717) is 34.7 Å². The van der Waals surface area contributed by atoms with Crippen molar-refractivity contribution in [3.05, 3.63) is 78.5 Å². The van der Waals surface area contributed by atoms with Gasteiger partial charge in [0.2, 0.25) is 5.91 Å². The summed E-state index contributed by atoms with van der Waals surface area (Å²) in [6.45, 7) is -1.15. The third-order valence-electron chi connectivity index (χ3n) is 4.93. The highest BCUT2D eigenvalue weighted by Crippen LogP contribution is 2.35. The molecule has 36 heavy (non-hydrogen) atoms. The van der Waals surface area contributed by atoms with Crippen molar-refractivity contribution in [1.29, 1.82) is 0 Å². The van der Waals surface area contributed by atoms with Gasteiger partial charge in [-0.1, -0.05) is 12.1 Å². The molecule has 0 aliphatic rings. The first-order chi connectivity index (χ1) is 17.3. The summed E-state index contributed by atoms with van der Waals surface area (Å²) in [4.78, 5) is 20.3. The molecule has 2 N–H and O–H groups in total. The van der Waals surface area contributed by atoms with Crippen molar-refractivity contribution in [3.63, 3.8) is 0 Å². The molecular formula is C25H21F3N4O4. The average molecular weight is 498 g/mol. The first-order valence-corrected chi connectivity index (χ1v) is 10.7. The van der Waals surface area contributed by atoms with Crippen LogP contribution in [-0.2, 0) is 11.3 Å². The molecule has 0 radical (unpaired) electrons. The van der Waals surface area contributed by atoms with Crippen LogP contribution in [-0.4, -0.2) is 35.8 Å². The van der Waals surface area contributed by atoms with Crippen LogP contribution in [0.25, 0.3) is 17.0 Å². The summed E-state index contributed by atoms with van der Waals surface area (Å²) in [7, 11) is 1.34. The molecule has 0 bridgehead atoms. The molecule has 0 saturated carbocycles. The summed E-state index contributed by atoms with van der Waals surface area (Å²) in [5.74, 6) is 0.883. The normalized spacial score (nSPS) is 11.6. The fraction of sp³-hybridized carbons (Fsp3) is 0.160. The molecule has 11 heteroatoms. The molecule has 0 fully saturated rings. The number of hydrogen-bond acceptors (Lipinski definition) is 7. The molecule has 0 saturated heterocycles. The average Bonchev–Trinajstić information content (AvgIpc) is 3.39. The number of aromatic nitrogens is 2. The number of ether oxygens (including phenoxy) is 2. The summed E-state index contributed by atoms with van der Waals surface area (Å²) in [5.41, 5.74) is 1.88. The molecule has 2 aromatic heterocycles. The largest absolute Gasteiger partial charge is 0.493 e. The summed E-state index contributed by atoms with van der Waals surface area (Å²) in [5, 5.41) is 6.42. The van der Waals surface area contributed by atoms with Crippen LogP contribution in [0, 0.1) is 0 Å². The van der Waals surface area contributed by atoms with Gasteiger partial charge in [-0.25, -0.2) is 9.97 Å². The maximum atomic E-state index is 12.6. The van der Waals surface area contributed by atoms with E-state index < -0.39 is 12.8 Å². The summed E-state index contributed by atoms with van der Waals surface area (Å²) in [6, 6.07) is 13.6. The van der Waals surface area contributed by atoms with Gasteiger partial charge >= 0.3 is 6.18 Å². The minimum absolute atomic E-state index is 0.0729. The van der Waals surface area contributed by atoms with Gasteiger partial charge in [-0.2, -0.15) is 13.2 Å². The smallest absolute Gasteiger partial charge is 0.422 e. The molecule has 4 rings (SSSR count). The van der Waals surface area contributed by atoms with Gasteiger partial charge in [0.1, 0.15) is 17.9 Å². The molecule has 8 nitrogen and oxygen atoms in total. The third-order valence-corrected chi connectivity index (χ3v) is 4.93. The third kappa shape index (κ3) is 6.53. The van der Waals surface area contributed by atoms with E-state index in [4.69, 9.17) is 13.9 Å². The van der Waals surface area contributed by atoms with Gasteiger partial charge in [0.25, 0.3) is 0 Å². The lowest BCUT2D eigenvalue weighted by Gasteiger charge is -2.14. The van der Waals surface area contributed by atoms with E-state index in [9.17, 15) is 18.0 Å². The lowest BCUT2D eigenvalue weighted by atomic mass is 10.1. The minimum Gasteiger partial charge on any atom is -0.493 e. The topological polar surface area (TPSA) is 98.5 Å². The Morgan fingerprint density at radius 3 is 2.61 bits per heavy atom. The van der Waals surface area contributed by atoms with Crippen molar-refractivity contribution in [2.24, 2.45) is 0 Å². The van der Waals surface area contributed by atoms with E-state index in [0.717, 1.165) is 5.56 Å². The Morgan fingerprint density at radius 2 is 1.92 bits per heavy atom. The standard InChI is InChI=1S/C25H21F3N4O4/c1-34-21-11-19-20(12-22(21)36-14-25(26,27)28)30-15-31-24(19)32-17-7-4-16(5-8-17)6-9-23(33)29-13-18-3-2-10-35-18/h2-12,15H,13-14H2,1H3,(H,29,33)(H,30,31,32). The molecule has 2 aromatic carbocycles. The zero-order valence-electron chi connectivity index (χ0n) is 19.0. The van der Waals surface area contributed by atoms with E-state index in [1.54, 1.807) is 30.3 Å². The monoisotopic (exact) mass is 498 g/mol. The number of hydrogen-bond donors (Lipinski definition) is 2. The van der Waals surface area contributed by atoms with Crippen molar-refractivity contribution in [2.75, 3.05) is 19.0 Å². The number of rotatable bonds is 9. The van der Waals surface area contributed by atoms with Gasteiger partial charge in [-0.05, 0) is 42.0 Å². The highest BCUT2D eigenvalue weighted by molar-refractivity contribution is 5.93. The Balaban J connectivity index is 1.44. The fourth-order valence-corrected chi connectivity index (χ4v) is 3.23. The molecule has 0 unspecified atom stereocenters. The van der Waals surface area contributed by atoms with Crippen LogP contribution < -0.4 is 20.1 Å². The summed E-state index contributed by atoms with van der Waals surface area (Å²) in [6.07, 6.45) is 1.45. The first-order valence-electron chi connectivity index (χ1n) is 10.7. The molecular weight excluding hydrogens is 477 g/mol. The molecule has 2 heterocycles. The maximum absolute atomic E-state index is 12.6. The van der Waals surface area contributed by atoms with Crippen molar-refractivity contribution in [3.8, 4) is 11.5 Å². The fourth-order valence-electron chi connectivity index (χ4n) is 3.23. The zero-order valence-corrected chi connectivity index (χ0v) is 19.0. The number of fused-ring (bicyclic) bond motifs is 1. The molecule has 186 valence electrons. The number of nitrogens with zero attached hydrogens (tertiary/aromatic N) is 2. The van der Waals surface area contributed by atoms with Gasteiger partial charge in [-0.15, -0.1) is 0 Å². The van der Waals surface area contributed by atoms with Gasteiger partial charge in [0.05, 0.1) is 25.4 Å². The first kappa shape index (κ1) is 24.6. The number of methoxy groups -OCH3 is 1. The maximum Gasteiger partial charge on any atom is 0.422 e. The Kier molecular flexibility index (Phi) is 7.38. The number of carbonyl (C=O) groups excluding carboxylic acids is 1. The SMILES string of the molecule is COc1cc2c(Nc3ccc(C=CC(=O)NCc4ccco4)cc3)ncnc2cc1OCC(F)(F)F. The van der Waals surface area contributed by atoms with E-state index in [2.05, 4.69) is 20.6 Å². The van der Waals surface area contributed by atoms with Crippen LogP contribution in [0.3, 0.4) is 0 Å². The predicted octanol–water partition coefficient (Wildman–Crippen LogP) is 5.25. The minimum atomic E-state index is -4.48. The Bertz CT molecular complexity index is 1350. The van der Waals surface area contributed by atoms with Gasteiger partial charge in [0, 0.05) is 23.2 Å². The number of halogens is 3. The number of carbonyl (C=O) groups is 1. The second-order valence-corrected chi connectivity index (χ2v) is 7.52. The van der Waals surface area contributed by atoms with Crippen LogP contribution in [0.1, 0.15) is 11.3 Å². The summed E-state index contributed by atoms with van der Waals surface area (Å²) < 4.78 is 53.0. The number of benzene rings is 2. The number of anilines is 2. The van der Waals surface area contributed by atoms with Crippen molar-refractivity contribution >= 4 is 34.4 Å². The van der Waals surface area contributed by atoms with Crippen LogP contribution in [0.2, 0.25) is 0 Å². The van der Waals surface area contributed by atoms with E-state index in [1.165, 1.54) is 37.9 Å². The van der Waals surface area contributed by atoms with E-state index in [-0.39, 0.29) is 17.4 Å². The zero-order chi connectivity index (χ0) is 25.5. The molecule has 0 aliphatic heterocycles. The molecule has 0 atom stereocenters. The van der Waals surface area contributed by atoms with Gasteiger partial charge in [-0.3, -0.25) is 4.79 Å². The van der Waals surface area contributed by atoms with Crippen LogP contribution >= 0.6 is 0 Å². The quantitative estimate of drug-likeness (QED) is 0.304. The lowest BCUT2D eigenvalue weighted by Crippen LogP contribution is -2.19. The van der Waals surface area contributed by atoms with E-state index >= 15 is 0 Å². The number of alkyl halides is 3. The lowest BCUT2D eigenvalue weighted by molar-refractivity contribution is -0.153. The Morgan fingerprint density at radius 1 is 1.11 bits per heavy atom. The van der Waals surface area contributed by atoms with Crippen molar-refractivity contribution in [2.45, 2.75) is 12.7 Å². The van der Waals surface area contributed by atoms with Crippen molar-refractivity contribution in [1.82, 2.24) is 15.3 Å². The van der Waals surface area contributed by atoms with Gasteiger partial charge < -0.3 is 24.5 Å². The second kappa shape index (κ2) is 10.8. The van der Waals surface area contributed by atoms with Crippen LogP contribution in [0.4, 0.5) is 24.7 Å². The van der Waals surface area contributed by atoms with Crippen LogP contribution in [0.5, 0.6) is 11.5 Å². The molecule has 0 spiro atoms. The van der Waals surface area contributed by atoms with Crippen molar-refractivity contribution < 1.29 is 31.9 Å². The summed E-state index contributed by atoms with van der Waals surface area (Å²) >= 11 is 0. The number of nitrogens with one attached hydrogen (secondary N) is 2. The second-order valence-electron chi connectivity index (χ2n) is 7.52. The number of furan rings is 1. The Hall–Kier alpha value is -4.54. The Labute approximate surface area is 203 Å². The van der Waals surface area contributed by atoms with Gasteiger partial charge in [0.15, 0.2) is 18.1 Å². The van der Waals surface area contributed by atoms with E-state index in [1.807, 2.05) is 12.1 Å².